The van der Waals surface area contributed by atoms with Crippen molar-refractivity contribution < 1.29 is 9.53 Å². The Labute approximate surface area is 152 Å². The molecule has 26 heavy (non-hydrogen) atoms. The molecule has 3 aromatic rings. The summed E-state index contributed by atoms with van der Waals surface area (Å²) < 4.78 is 7.13. The van der Waals surface area contributed by atoms with Crippen molar-refractivity contribution in [3.05, 3.63) is 66.0 Å². The first-order chi connectivity index (χ1) is 12.6. The first-order valence-corrected chi connectivity index (χ1v) is 8.65. The molecule has 0 saturated heterocycles. The Morgan fingerprint density at radius 1 is 1.12 bits per heavy atom. The number of amides is 1. The lowest BCUT2D eigenvalue weighted by molar-refractivity contribution is 0.102. The van der Waals surface area contributed by atoms with Gasteiger partial charge in [-0.25, -0.2) is 4.68 Å². The van der Waals surface area contributed by atoms with Gasteiger partial charge in [-0.3, -0.25) is 4.79 Å². The third-order valence-corrected chi connectivity index (χ3v) is 3.89. The van der Waals surface area contributed by atoms with E-state index in [1.165, 1.54) is 0 Å². The Hall–Kier alpha value is -3.15. The Kier molecular flexibility index (Phi) is 5.31. The number of aromatic nitrogens is 3. The summed E-state index contributed by atoms with van der Waals surface area (Å²) >= 11 is 0. The SMILES string of the molecule is CCOc1ccc(NC(=O)c2nnn(-c3ccccc3)c2C(C)C)cc1. The standard InChI is InChI=1S/C20H22N4O2/c1-4-26-17-12-10-15(11-13-17)21-20(25)18-19(14(2)3)24(23-22-18)16-8-6-5-7-9-16/h5-14H,4H2,1-3H3,(H,21,25). The van der Waals surface area contributed by atoms with Crippen LogP contribution in [0.4, 0.5) is 5.69 Å². The van der Waals surface area contributed by atoms with E-state index in [0.717, 1.165) is 17.1 Å². The molecule has 0 fully saturated rings. The fourth-order valence-electron chi connectivity index (χ4n) is 2.72. The molecule has 0 aliphatic rings. The van der Waals surface area contributed by atoms with Gasteiger partial charge >= 0.3 is 0 Å². The summed E-state index contributed by atoms with van der Waals surface area (Å²) in [5, 5.41) is 11.2. The molecule has 6 heteroatoms. The molecule has 1 amide bonds. The third kappa shape index (κ3) is 3.74. The Bertz CT molecular complexity index is 871. The van der Waals surface area contributed by atoms with Crippen LogP contribution in [0.25, 0.3) is 5.69 Å². The van der Waals surface area contributed by atoms with Crippen LogP contribution in [0.2, 0.25) is 0 Å². The summed E-state index contributed by atoms with van der Waals surface area (Å²) in [5.41, 5.74) is 2.67. The number of nitrogens with zero attached hydrogens (tertiary/aromatic N) is 3. The highest BCUT2D eigenvalue weighted by atomic mass is 16.5. The Balaban J connectivity index is 1.86. The fourth-order valence-corrected chi connectivity index (χ4v) is 2.72. The van der Waals surface area contributed by atoms with Gasteiger partial charge in [-0.15, -0.1) is 5.10 Å². The van der Waals surface area contributed by atoms with Gasteiger partial charge in [0.15, 0.2) is 5.69 Å². The molecule has 0 saturated carbocycles. The number of para-hydroxylation sites is 1. The van der Waals surface area contributed by atoms with E-state index >= 15 is 0 Å². The van der Waals surface area contributed by atoms with E-state index in [4.69, 9.17) is 4.74 Å². The normalized spacial score (nSPS) is 10.8. The topological polar surface area (TPSA) is 69.0 Å². The third-order valence-electron chi connectivity index (χ3n) is 3.89. The van der Waals surface area contributed by atoms with Crippen molar-refractivity contribution in [2.45, 2.75) is 26.7 Å². The second-order valence-electron chi connectivity index (χ2n) is 6.14. The quantitative estimate of drug-likeness (QED) is 0.728. The Morgan fingerprint density at radius 3 is 2.42 bits per heavy atom. The smallest absolute Gasteiger partial charge is 0.278 e. The minimum atomic E-state index is -0.278. The maximum Gasteiger partial charge on any atom is 0.278 e. The summed E-state index contributed by atoms with van der Waals surface area (Å²) in [6, 6.07) is 16.9. The molecule has 1 heterocycles. The largest absolute Gasteiger partial charge is 0.494 e. The van der Waals surface area contributed by atoms with Crippen molar-refractivity contribution in [2.75, 3.05) is 11.9 Å². The van der Waals surface area contributed by atoms with Gasteiger partial charge in [-0.1, -0.05) is 37.3 Å². The zero-order valence-corrected chi connectivity index (χ0v) is 15.1. The molecular weight excluding hydrogens is 328 g/mol. The van der Waals surface area contributed by atoms with Crippen LogP contribution in [0.1, 0.15) is 42.9 Å². The van der Waals surface area contributed by atoms with Crippen molar-refractivity contribution >= 4 is 11.6 Å². The zero-order valence-electron chi connectivity index (χ0n) is 15.1. The number of carbonyl (C=O) groups is 1. The lowest BCUT2D eigenvalue weighted by Crippen LogP contribution is -2.16. The average Bonchev–Trinajstić information content (AvgIpc) is 3.10. The molecule has 6 nitrogen and oxygen atoms in total. The minimum Gasteiger partial charge on any atom is -0.494 e. The molecule has 0 bridgehead atoms. The summed E-state index contributed by atoms with van der Waals surface area (Å²) in [7, 11) is 0. The summed E-state index contributed by atoms with van der Waals surface area (Å²) in [5.74, 6) is 0.578. The van der Waals surface area contributed by atoms with Crippen molar-refractivity contribution in [1.82, 2.24) is 15.0 Å². The highest BCUT2D eigenvalue weighted by molar-refractivity contribution is 6.03. The molecule has 134 valence electrons. The maximum absolute atomic E-state index is 12.7. The van der Waals surface area contributed by atoms with Gasteiger partial charge in [-0.05, 0) is 49.2 Å². The summed E-state index contributed by atoms with van der Waals surface area (Å²) in [6.07, 6.45) is 0. The molecule has 0 radical (unpaired) electrons. The number of benzene rings is 2. The number of nitrogens with one attached hydrogen (secondary N) is 1. The van der Waals surface area contributed by atoms with Crippen LogP contribution in [0.5, 0.6) is 5.75 Å². The van der Waals surface area contributed by atoms with Crippen molar-refractivity contribution in [3.63, 3.8) is 0 Å². The van der Waals surface area contributed by atoms with E-state index in [1.807, 2.05) is 63.2 Å². The number of carbonyl (C=O) groups excluding carboxylic acids is 1. The predicted octanol–water partition coefficient (Wildman–Crippen LogP) is 4.04. The molecule has 1 aromatic heterocycles. The van der Waals surface area contributed by atoms with Crippen LogP contribution in [0.3, 0.4) is 0 Å². The number of ether oxygens (including phenoxy) is 1. The highest BCUT2D eigenvalue weighted by Crippen LogP contribution is 2.23. The van der Waals surface area contributed by atoms with Crippen molar-refractivity contribution in [3.8, 4) is 11.4 Å². The van der Waals surface area contributed by atoms with E-state index in [-0.39, 0.29) is 11.8 Å². The number of anilines is 1. The molecule has 0 spiro atoms. The number of rotatable bonds is 6. The van der Waals surface area contributed by atoms with Gasteiger partial charge in [-0.2, -0.15) is 0 Å². The van der Waals surface area contributed by atoms with Crippen LogP contribution in [0, 0.1) is 0 Å². The van der Waals surface area contributed by atoms with Gasteiger partial charge in [0.2, 0.25) is 0 Å². The zero-order chi connectivity index (χ0) is 18.5. The van der Waals surface area contributed by atoms with Gasteiger partial charge in [0.1, 0.15) is 5.75 Å². The Morgan fingerprint density at radius 2 is 1.81 bits per heavy atom. The van der Waals surface area contributed by atoms with E-state index in [1.54, 1.807) is 16.8 Å². The van der Waals surface area contributed by atoms with Gasteiger partial charge in [0.05, 0.1) is 18.0 Å². The molecule has 0 atom stereocenters. The van der Waals surface area contributed by atoms with E-state index in [0.29, 0.717) is 18.0 Å². The van der Waals surface area contributed by atoms with Gasteiger partial charge < -0.3 is 10.1 Å². The van der Waals surface area contributed by atoms with E-state index in [2.05, 4.69) is 15.6 Å². The molecule has 0 aliphatic heterocycles. The van der Waals surface area contributed by atoms with Crippen LogP contribution >= 0.6 is 0 Å². The summed E-state index contributed by atoms with van der Waals surface area (Å²) in [6.45, 7) is 6.57. The lowest BCUT2D eigenvalue weighted by atomic mass is 10.1. The molecule has 0 unspecified atom stereocenters. The fraction of sp³-hybridized carbons (Fsp3) is 0.250. The first-order valence-electron chi connectivity index (χ1n) is 8.65. The molecule has 2 aromatic carbocycles. The number of hydrogen-bond donors (Lipinski definition) is 1. The second-order valence-corrected chi connectivity index (χ2v) is 6.14. The predicted molar refractivity (Wildman–Crippen MR) is 101 cm³/mol. The molecule has 1 N–H and O–H groups in total. The van der Waals surface area contributed by atoms with Crippen LogP contribution in [0.15, 0.2) is 54.6 Å². The highest BCUT2D eigenvalue weighted by Gasteiger charge is 2.23. The van der Waals surface area contributed by atoms with E-state index in [9.17, 15) is 4.79 Å². The van der Waals surface area contributed by atoms with Gasteiger partial charge in [0.25, 0.3) is 5.91 Å². The number of hydrogen-bond acceptors (Lipinski definition) is 4. The minimum absolute atomic E-state index is 0.0892. The maximum atomic E-state index is 12.7. The van der Waals surface area contributed by atoms with Crippen LogP contribution < -0.4 is 10.1 Å². The lowest BCUT2D eigenvalue weighted by Gasteiger charge is -2.11. The van der Waals surface area contributed by atoms with Crippen molar-refractivity contribution in [1.29, 1.82) is 0 Å². The van der Waals surface area contributed by atoms with Crippen LogP contribution in [-0.4, -0.2) is 27.5 Å². The summed E-state index contributed by atoms with van der Waals surface area (Å²) in [4.78, 5) is 12.7. The van der Waals surface area contributed by atoms with Gasteiger partial charge in [0, 0.05) is 5.69 Å². The first kappa shape index (κ1) is 17.7. The van der Waals surface area contributed by atoms with E-state index < -0.39 is 0 Å². The molecule has 0 aliphatic carbocycles. The van der Waals surface area contributed by atoms with Crippen LogP contribution in [-0.2, 0) is 0 Å². The second kappa shape index (κ2) is 7.82. The average molecular weight is 350 g/mol. The van der Waals surface area contributed by atoms with Crippen molar-refractivity contribution in [2.24, 2.45) is 0 Å². The molecule has 3 rings (SSSR count). The molecular formula is C20H22N4O2. The monoisotopic (exact) mass is 350 g/mol.